The molecule has 0 aliphatic carbocycles. The van der Waals surface area contributed by atoms with Crippen molar-refractivity contribution in [1.29, 1.82) is 0 Å². The molecule has 0 saturated heterocycles. The van der Waals surface area contributed by atoms with Crippen molar-refractivity contribution >= 4 is 9.84 Å². The molecule has 18 heavy (non-hydrogen) atoms. The molecule has 7 heteroatoms. The van der Waals surface area contributed by atoms with E-state index in [4.69, 9.17) is 4.74 Å². The molecule has 94 valence electrons. The summed E-state index contributed by atoms with van der Waals surface area (Å²) in [6.07, 6.45) is 2.15. The lowest BCUT2D eigenvalue weighted by Crippen LogP contribution is -1.96. The zero-order valence-electron chi connectivity index (χ0n) is 9.37. The Morgan fingerprint density at radius 3 is 2.39 bits per heavy atom. The van der Waals surface area contributed by atoms with Crippen molar-refractivity contribution in [3.8, 4) is 11.6 Å². The third-order valence-corrected chi connectivity index (χ3v) is 3.21. The minimum absolute atomic E-state index is 0.0506. The standard InChI is InChI=1S/C11H9FN2O3S/c1-18(15,16)9-4-2-8(3-5-9)17-11-6-10(12)13-7-14-11/h2-7H,1H3. The van der Waals surface area contributed by atoms with Gasteiger partial charge in [0.05, 0.1) is 11.0 Å². The Bertz CT molecular complexity index is 656. The van der Waals surface area contributed by atoms with E-state index in [2.05, 4.69) is 9.97 Å². The molecule has 0 radical (unpaired) electrons. The summed E-state index contributed by atoms with van der Waals surface area (Å²) in [5, 5.41) is 0. The molecular weight excluding hydrogens is 259 g/mol. The average Bonchev–Trinajstić information content (AvgIpc) is 2.28. The fraction of sp³-hybridized carbons (Fsp3) is 0.0909. The van der Waals surface area contributed by atoms with Gasteiger partial charge in [-0.1, -0.05) is 0 Å². The van der Waals surface area contributed by atoms with Crippen LogP contribution in [0.25, 0.3) is 0 Å². The smallest absolute Gasteiger partial charge is 0.225 e. The van der Waals surface area contributed by atoms with Crippen LogP contribution in [0.1, 0.15) is 0 Å². The number of benzene rings is 1. The summed E-state index contributed by atoms with van der Waals surface area (Å²) in [6, 6.07) is 6.78. The molecule has 0 unspecified atom stereocenters. The Hall–Kier alpha value is -2.02. The monoisotopic (exact) mass is 268 g/mol. The molecule has 0 aliphatic heterocycles. The second-order valence-electron chi connectivity index (χ2n) is 3.52. The minimum atomic E-state index is -3.24. The van der Waals surface area contributed by atoms with Gasteiger partial charge in [-0.15, -0.1) is 0 Å². The maximum absolute atomic E-state index is 12.8. The molecule has 1 aromatic carbocycles. The van der Waals surface area contributed by atoms with Crippen LogP contribution in [0.15, 0.2) is 41.6 Å². The number of halogens is 1. The number of sulfone groups is 1. The van der Waals surface area contributed by atoms with Crippen molar-refractivity contribution in [2.45, 2.75) is 4.90 Å². The fourth-order valence-corrected chi connectivity index (χ4v) is 1.88. The van der Waals surface area contributed by atoms with Gasteiger partial charge in [0, 0.05) is 6.26 Å². The van der Waals surface area contributed by atoms with Crippen LogP contribution in [0, 0.1) is 5.95 Å². The molecule has 0 fully saturated rings. The third kappa shape index (κ3) is 3.01. The first-order valence-corrected chi connectivity index (χ1v) is 6.80. The Kier molecular flexibility index (Phi) is 3.24. The molecule has 2 rings (SSSR count). The van der Waals surface area contributed by atoms with Crippen molar-refractivity contribution < 1.29 is 17.5 Å². The van der Waals surface area contributed by atoms with Crippen molar-refractivity contribution in [2.24, 2.45) is 0 Å². The maximum Gasteiger partial charge on any atom is 0.225 e. The van der Waals surface area contributed by atoms with Gasteiger partial charge in [-0.05, 0) is 24.3 Å². The van der Waals surface area contributed by atoms with E-state index >= 15 is 0 Å². The molecular formula is C11H9FN2O3S. The lowest BCUT2D eigenvalue weighted by Gasteiger charge is -2.04. The zero-order chi connectivity index (χ0) is 13.2. The molecule has 2 aromatic rings. The fourth-order valence-electron chi connectivity index (χ4n) is 1.25. The number of rotatable bonds is 3. The van der Waals surface area contributed by atoms with Gasteiger partial charge in [0.25, 0.3) is 0 Å². The summed E-state index contributed by atoms with van der Waals surface area (Å²) in [5.41, 5.74) is 0. The topological polar surface area (TPSA) is 69.2 Å². The Labute approximate surface area is 103 Å². The molecule has 0 spiro atoms. The van der Waals surface area contributed by atoms with Gasteiger partial charge in [0.15, 0.2) is 9.84 Å². The van der Waals surface area contributed by atoms with Gasteiger partial charge in [-0.3, -0.25) is 0 Å². The summed E-state index contributed by atoms with van der Waals surface area (Å²) in [6.45, 7) is 0. The van der Waals surface area contributed by atoms with Crippen molar-refractivity contribution in [2.75, 3.05) is 6.26 Å². The molecule has 0 atom stereocenters. The first-order chi connectivity index (χ1) is 8.45. The first kappa shape index (κ1) is 12.4. The first-order valence-electron chi connectivity index (χ1n) is 4.91. The van der Waals surface area contributed by atoms with E-state index in [1.807, 2.05) is 0 Å². The SMILES string of the molecule is CS(=O)(=O)c1ccc(Oc2cc(F)ncn2)cc1. The molecule has 0 N–H and O–H groups in total. The van der Waals surface area contributed by atoms with Crippen LogP contribution in [0.4, 0.5) is 4.39 Å². The molecule has 0 amide bonds. The predicted octanol–water partition coefficient (Wildman–Crippen LogP) is 1.81. The molecule has 1 heterocycles. The lowest BCUT2D eigenvalue weighted by molar-refractivity contribution is 0.450. The van der Waals surface area contributed by atoms with E-state index in [0.717, 1.165) is 18.6 Å². The largest absolute Gasteiger partial charge is 0.439 e. The zero-order valence-corrected chi connectivity index (χ0v) is 10.2. The number of hydrogen-bond donors (Lipinski definition) is 0. The van der Waals surface area contributed by atoms with E-state index in [9.17, 15) is 12.8 Å². The Balaban J connectivity index is 2.21. The van der Waals surface area contributed by atoms with Crippen LogP contribution < -0.4 is 4.74 Å². The number of ether oxygens (including phenoxy) is 1. The number of nitrogens with zero attached hydrogens (tertiary/aromatic N) is 2. The van der Waals surface area contributed by atoms with Gasteiger partial charge in [-0.2, -0.15) is 4.39 Å². The summed E-state index contributed by atoms with van der Waals surface area (Å²) in [7, 11) is -3.24. The normalized spacial score (nSPS) is 11.2. The average molecular weight is 268 g/mol. The second-order valence-corrected chi connectivity index (χ2v) is 5.54. The van der Waals surface area contributed by atoms with Gasteiger partial charge >= 0.3 is 0 Å². The Morgan fingerprint density at radius 1 is 1.17 bits per heavy atom. The molecule has 0 aliphatic rings. The number of hydrogen-bond acceptors (Lipinski definition) is 5. The van der Waals surface area contributed by atoms with Crippen LogP contribution in [0.2, 0.25) is 0 Å². The van der Waals surface area contributed by atoms with Crippen LogP contribution in [-0.2, 0) is 9.84 Å². The third-order valence-electron chi connectivity index (χ3n) is 2.08. The minimum Gasteiger partial charge on any atom is -0.439 e. The molecule has 5 nitrogen and oxygen atoms in total. The second kappa shape index (κ2) is 4.69. The lowest BCUT2D eigenvalue weighted by atomic mass is 10.3. The molecule has 0 saturated carbocycles. The molecule has 0 bridgehead atoms. The van der Waals surface area contributed by atoms with Gasteiger partial charge in [0.2, 0.25) is 11.8 Å². The van der Waals surface area contributed by atoms with Gasteiger partial charge in [-0.25, -0.2) is 18.4 Å². The maximum atomic E-state index is 12.8. The quantitative estimate of drug-likeness (QED) is 0.794. The van der Waals surface area contributed by atoms with Crippen LogP contribution in [0.5, 0.6) is 11.6 Å². The van der Waals surface area contributed by atoms with Crippen LogP contribution >= 0.6 is 0 Å². The van der Waals surface area contributed by atoms with E-state index in [0.29, 0.717) is 5.75 Å². The summed E-state index contributed by atoms with van der Waals surface area (Å²) in [4.78, 5) is 7.19. The van der Waals surface area contributed by atoms with E-state index in [1.54, 1.807) is 0 Å². The van der Waals surface area contributed by atoms with E-state index < -0.39 is 15.8 Å². The highest BCUT2D eigenvalue weighted by molar-refractivity contribution is 7.90. The van der Waals surface area contributed by atoms with Crippen LogP contribution in [-0.4, -0.2) is 24.6 Å². The van der Waals surface area contributed by atoms with Crippen molar-refractivity contribution in [3.63, 3.8) is 0 Å². The highest BCUT2D eigenvalue weighted by Gasteiger charge is 2.07. The summed E-state index contributed by atoms with van der Waals surface area (Å²) in [5.74, 6) is -0.289. The van der Waals surface area contributed by atoms with E-state index in [1.165, 1.54) is 24.3 Å². The summed E-state index contributed by atoms with van der Waals surface area (Å²) >= 11 is 0. The van der Waals surface area contributed by atoms with Crippen molar-refractivity contribution in [1.82, 2.24) is 9.97 Å². The van der Waals surface area contributed by atoms with Crippen molar-refractivity contribution in [3.05, 3.63) is 42.6 Å². The number of aromatic nitrogens is 2. The Morgan fingerprint density at radius 2 is 1.83 bits per heavy atom. The predicted molar refractivity (Wildman–Crippen MR) is 61.6 cm³/mol. The highest BCUT2D eigenvalue weighted by atomic mass is 32.2. The molecule has 1 aromatic heterocycles. The highest BCUT2D eigenvalue weighted by Crippen LogP contribution is 2.21. The van der Waals surface area contributed by atoms with Gasteiger partial charge < -0.3 is 4.74 Å². The van der Waals surface area contributed by atoms with Gasteiger partial charge in [0.1, 0.15) is 12.1 Å². The van der Waals surface area contributed by atoms with Crippen LogP contribution in [0.3, 0.4) is 0 Å². The van der Waals surface area contributed by atoms with E-state index in [-0.39, 0.29) is 10.8 Å². The summed E-state index contributed by atoms with van der Waals surface area (Å²) < 4.78 is 40.5.